The fourth-order valence-corrected chi connectivity index (χ4v) is 3.40. The lowest BCUT2D eigenvalue weighted by Crippen LogP contribution is -2.23. The van der Waals surface area contributed by atoms with E-state index in [0.29, 0.717) is 17.1 Å². The van der Waals surface area contributed by atoms with E-state index in [4.69, 9.17) is 5.73 Å². The fraction of sp³-hybridized carbons (Fsp3) is 0.312. The molecule has 2 aromatic rings. The lowest BCUT2D eigenvalue weighted by molar-refractivity contribution is 0.0957. The average Bonchev–Trinajstić information content (AvgIpc) is 2.64. The molecule has 106 valence electrons. The van der Waals surface area contributed by atoms with E-state index in [1.165, 1.54) is 16.9 Å². The second-order valence-electron chi connectivity index (χ2n) is 4.95. The van der Waals surface area contributed by atoms with Crippen LogP contribution in [0, 0.1) is 20.8 Å². The molecule has 0 aliphatic heterocycles. The van der Waals surface area contributed by atoms with Gasteiger partial charge >= 0.3 is 0 Å². The van der Waals surface area contributed by atoms with Crippen LogP contribution in [0.15, 0.2) is 18.2 Å². The molecule has 0 aliphatic rings. The molecule has 0 radical (unpaired) electrons. The zero-order chi connectivity index (χ0) is 14.9. The Labute approximate surface area is 123 Å². The Balaban J connectivity index is 2.64. The van der Waals surface area contributed by atoms with Crippen LogP contribution in [0.25, 0.3) is 11.1 Å². The highest BCUT2D eigenvalue weighted by atomic mass is 32.1. The van der Waals surface area contributed by atoms with Crippen LogP contribution < -0.4 is 11.1 Å². The molecule has 1 heterocycles. The van der Waals surface area contributed by atoms with Crippen LogP contribution in [-0.2, 0) is 0 Å². The zero-order valence-electron chi connectivity index (χ0n) is 12.3. The van der Waals surface area contributed by atoms with E-state index in [9.17, 15) is 4.79 Å². The monoisotopic (exact) mass is 288 g/mol. The molecule has 1 aromatic heterocycles. The number of benzene rings is 1. The van der Waals surface area contributed by atoms with Crippen molar-refractivity contribution in [2.24, 2.45) is 0 Å². The Morgan fingerprint density at radius 3 is 2.60 bits per heavy atom. The van der Waals surface area contributed by atoms with Crippen molar-refractivity contribution >= 4 is 22.2 Å². The first kappa shape index (κ1) is 14.6. The summed E-state index contributed by atoms with van der Waals surface area (Å²) in [5, 5.41) is 3.43. The summed E-state index contributed by atoms with van der Waals surface area (Å²) in [5.74, 6) is -0.0932. The number of anilines is 1. The van der Waals surface area contributed by atoms with Gasteiger partial charge in [0.05, 0.1) is 10.6 Å². The summed E-state index contributed by atoms with van der Waals surface area (Å²) >= 11 is 1.47. The highest BCUT2D eigenvalue weighted by Gasteiger charge is 2.22. The molecule has 3 N–H and O–H groups in total. The molecule has 0 unspecified atom stereocenters. The standard InChI is InChI=1S/C16H20N2OS/c1-5-18-16(19)14-13(11(4)20-15(14)17)12-7-6-9(2)8-10(12)3/h6-8H,5,17H2,1-4H3,(H,18,19). The highest BCUT2D eigenvalue weighted by Crippen LogP contribution is 2.39. The van der Waals surface area contributed by atoms with Crippen LogP contribution in [0.5, 0.6) is 0 Å². The minimum absolute atomic E-state index is 0.0932. The van der Waals surface area contributed by atoms with Gasteiger partial charge in [0.2, 0.25) is 0 Å². The minimum atomic E-state index is -0.0932. The second-order valence-corrected chi connectivity index (χ2v) is 6.21. The van der Waals surface area contributed by atoms with Gasteiger partial charge in [-0.2, -0.15) is 0 Å². The van der Waals surface area contributed by atoms with E-state index < -0.39 is 0 Å². The van der Waals surface area contributed by atoms with E-state index in [1.54, 1.807) is 0 Å². The Hall–Kier alpha value is -1.81. The van der Waals surface area contributed by atoms with Crippen molar-refractivity contribution in [2.45, 2.75) is 27.7 Å². The SMILES string of the molecule is CCNC(=O)c1c(N)sc(C)c1-c1ccc(C)cc1C. The van der Waals surface area contributed by atoms with Crippen LogP contribution in [0.3, 0.4) is 0 Å². The first-order chi connectivity index (χ1) is 9.45. The van der Waals surface area contributed by atoms with Crippen molar-refractivity contribution in [2.75, 3.05) is 12.3 Å². The van der Waals surface area contributed by atoms with E-state index in [1.807, 2.05) is 13.8 Å². The molecular weight excluding hydrogens is 268 g/mol. The van der Waals surface area contributed by atoms with Gasteiger partial charge in [0.25, 0.3) is 5.91 Å². The van der Waals surface area contributed by atoms with Crippen LogP contribution in [0.2, 0.25) is 0 Å². The van der Waals surface area contributed by atoms with Crippen molar-refractivity contribution in [3.8, 4) is 11.1 Å². The number of aryl methyl sites for hydroxylation is 3. The maximum atomic E-state index is 12.3. The predicted molar refractivity (Wildman–Crippen MR) is 86.4 cm³/mol. The predicted octanol–water partition coefficient (Wildman–Crippen LogP) is 3.67. The highest BCUT2D eigenvalue weighted by molar-refractivity contribution is 7.16. The molecule has 0 spiro atoms. The molecule has 0 atom stereocenters. The summed E-state index contributed by atoms with van der Waals surface area (Å²) < 4.78 is 0. The van der Waals surface area contributed by atoms with Crippen molar-refractivity contribution in [1.82, 2.24) is 5.32 Å². The van der Waals surface area contributed by atoms with Crippen LogP contribution in [0.1, 0.15) is 33.3 Å². The van der Waals surface area contributed by atoms with E-state index in [2.05, 4.69) is 37.4 Å². The van der Waals surface area contributed by atoms with Gasteiger partial charge < -0.3 is 11.1 Å². The molecule has 4 heteroatoms. The molecule has 0 fully saturated rings. The summed E-state index contributed by atoms with van der Waals surface area (Å²) in [6.07, 6.45) is 0. The molecule has 1 aromatic carbocycles. The topological polar surface area (TPSA) is 55.1 Å². The number of hydrogen-bond donors (Lipinski definition) is 2. The number of hydrogen-bond acceptors (Lipinski definition) is 3. The molecule has 2 rings (SSSR count). The quantitative estimate of drug-likeness (QED) is 0.905. The Bertz CT molecular complexity index is 659. The van der Waals surface area contributed by atoms with Gasteiger partial charge in [0.15, 0.2) is 0 Å². The summed E-state index contributed by atoms with van der Waals surface area (Å²) in [7, 11) is 0. The van der Waals surface area contributed by atoms with Gasteiger partial charge in [-0.15, -0.1) is 11.3 Å². The Kier molecular flexibility index (Phi) is 4.14. The Morgan fingerprint density at radius 1 is 1.30 bits per heavy atom. The van der Waals surface area contributed by atoms with Crippen molar-refractivity contribution in [3.05, 3.63) is 39.8 Å². The molecule has 1 amide bonds. The summed E-state index contributed by atoms with van der Waals surface area (Å²) in [5.41, 5.74) is 11.1. The summed E-state index contributed by atoms with van der Waals surface area (Å²) in [4.78, 5) is 13.3. The largest absolute Gasteiger partial charge is 0.390 e. The first-order valence-electron chi connectivity index (χ1n) is 6.70. The maximum Gasteiger partial charge on any atom is 0.254 e. The molecule has 3 nitrogen and oxygen atoms in total. The third-order valence-electron chi connectivity index (χ3n) is 3.33. The fourth-order valence-electron chi connectivity index (χ4n) is 2.46. The lowest BCUT2D eigenvalue weighted by atomic mass is 9.95. The number of nitrogens with two attached hydrogens (primary N) is 1. The molecule has 20 heavy (non-hydrogen) atoms. The van der Waals surface area contributed by atoms with Crippen LogP contribution in [-0.4, -0.2) is 12.5 Å². The number of amides is 1. The smallest absolute Gasteiger partial charge is 0.254 e. The summed E-state index contributed by atoms with van der Waals surface area (Å²) in [6, 6.07) is 6.27. The number of nitrogen functional groups attached to an aromatic ring is 1. The van der Waals surface area contributed by atoms with Crippen LogP contribution in [0.4, 0.5) is 5.00 Å². The number of carbonyl (C=O) groups is 1. The maximum absolute atomic E-state index is 12.3. The minimum Gasteiger partial charge on any atom is -0.390 e. The van der Waals surface area contributed by atoms with E-state index in [0.717, 1.165) is 21.6 Å². The number of carbonyl (C=O) groups excluding carboxylic acids is 1. The van der Waals surface area contributed by atoms with Gasteiger partial charge in [-0.05, 0) is 38.8 Å². The van der Waals surface area contributed by atoms with E-state index in [-0.39, 0.29) is 5.91 Å². The lowest BCUT2D eigenvalue weighted by Gasteiger charge is -2.10. The normalized spacial score (nSPS) is 10.6. The van der Waals surface area contributed by atoms with Gasteiger partial charge in [-0.25, -0.2) is 0 Å². The number of thiophene rings is 1. The van der Waals surface area contributed by atoms with Gasteiger partial charge in [0.1, 0.15) is 0 Å². The third kappa shape index (κ3) is 2.56. The van der Waals surface area contributed by atoms with Gasteiger partial charge in [-0.3, -0.25) is 4.79 Å². The number of rotatable bonds is 3. The molecule has 0 saturated heterocycles. The second kappa shape index (κ2) is 5.67. The summed E-state index contributed by atoms with van der Waals surface area (Å²) in [6.45, 7) is 8.65. The molecule has 0 aliphatic carbocycles. The van der Waals surface area contributed by atoms with E-state index >= 15 is 0 Å². The Morgan fingerprint density at radius 2 is 2.00 bits per heavy atom. The van der Waals surface area contributed by atoms with Crippen molar-refractivity contribution in [1.29, 1.82) is 0 Å². The molecule has 0 bridgehead atoms. The number of nitrogens with one attached hydrogen (secondary N) is 1. The average molecular weight is 288 g/mol. The third-order valence-corrected chi connectivity index (χ3v) is 4.26. The molecule has 0 saturated carbocycles. The zero-order valence-corrected chi connectivity index (χ0v) is 13.1. The molecular formula is C16H20N2OS. The van der Waals surface area contributed by atoms with Crippen LogP contribution >= 0.6 is 11.3 Å². The van der Waals surface area contributed by atoms with Gasteiger partial charge in [-0.1, -0.05) is 23.8 Å². The van der Waals surface area contributed by atoms with Crippen molar-refractivity contribution in [3.63, 3.8) is 0 Å². The van der Waals surface area contributed by atoms with Crippen molar-refractivity contribution < 1.29 is 4.79 Å². The first-order valence-corrected chi connectivity index (χ1v) is 7.52. The van der Waals surface area contributed by atoms with Gasteiger partial charge in [0, 0.05) is 17.0 Å².